The largest absolute Gasteiger partial charge is 0.312 e. The number of hydrogen-bond acceptors (Lipinski definition) is 1. The van der Waals surface area contributed by atoms with Gasteiger partial charge in [-0.25, -0.2) is 0 Å². The number of halogens is 2. The average Bonchev–Trinajstić information content (AvgIpc) is 2.21. The van der Waals surface area contributed by atoms with Crippen molar-refractivity contribution in [1.82, 2.24) is 5.32 Å². The van der Waals surface area contributed by atoms with Crippen LogP contribution in [0.1, 0.15) is 39.2 Å². The summed E-state index contributed by atoms with van der Waals surface area (Å²) in [5.74, 6) is 0. The number of aryl methyl sites for hydroxylation is 1. The molecule has 0 atom stereocenters. The molecule has 96 valence electrons. The maximum Gasteiger partial charge on any atom is 0.0208 e. The van der Waals surface area contributed by atoms with Crippen molar-refractivity contribution in [1.29, 1.82) is 0 Å². The number of unbranched alkanes of at least 4 members (excludes halogenated alkanes) is 1. The maximum atomic E-state index is 3.59. The van der Waals surface area contributed by atoms with Gasteiger partial charge in [0.05, 0.1) is 0 Å². The zero-order valence-corrected chi connectivity index (χ0v) is 14.0. The molecule has 0 heterocycles. The topological polar surface area (TPSA) is 12.0 Å². The zero-order valence-electron chi connectivity index (χ0n) is 10.8. The SMILES string of the molecule is CC(C)(C)NCCCCc1cc(Br)ccc1Br. The molecule has 0 amide bonds. The van der Waals surface area contributed by atoms with Gasteiger partial charge in [-0.1, -0.05) is 31.9 Å². The minimum Gasteiger partial charge on any atom is -0.312 e. The molecule has 0 aromatic heterocycles. The molecule has 0 aliphatic rings. The van der Waals surface area contributed by atoms with Crippen molar-refractivity contribution in [2.45, 2.75) is 45.6 Å². The van der Waals surface area contributed by atoms with Crippen LogP contribution < -0.4 is 5.32 Å². The van der Waals surface area contributed by atoms with Crippen molar-refractivity contribution < 1.29 is 0 Å². The lowest BCUT2D eigenvalue weighted by molar-refractivity contribution is 0.419. The number of hydrogen-bond donors (Lipinski definition) is 1. The van der Waals surface area contributed by atoms with Crippen LogP contribution >= 0.6 is 31.9 Å². The fraction of sp³-hybridized carbons (Fsp3) is 0.571. The summed E-state index contributed by atoms with van der Waals surface area (Å²) in [6.07, 6.45) is 3.57. The molecule has 0 aliphatic heterocycles. The Morgan fingerprint density at radius 1 is 1.12 bits per heavy atom. The molecule has 0 fully saturated rings. The van der Waals surface area contributed by atoms with Crippen LogP contribution in [-0.2, 0) is 6.42 Å². The highest BCUT2D eigenvalue weighted by Crippen LogP contribution is 2.23. The molecule has 0 bridgehead atoms. The molecule has 1 aromatic rings. The molecular weight excluding hydrogens is 342 g/mol. The molecule has 1 nitrogen and oxygen atoms in total. The molecule has 1 rings (SSSR count). The molecule has 1 aromatic carbocycles. The van der Waals surface area contributed by atoms with Crippen molar-refractivity contribution in [3.8, 4) is 0 Å². The fourth-order valence-electron chi connectivity index (χ4n) is 1.64. The van der Waals surface area contributed by atoms with Crippen LogP contribution in [0.15, 0.2) is 27.1 Å². The summed E-state index contributed by atoms with van der Waals surface area (Å²) in [5, 5.41) is 3.51. The molecule has 0 aliphatic carbocycles. The van der Waals surface area contributed by atoms with Crippen LogP contribution in [0.4, 0.5) is 0 Å². The van der Waals surface area contributed by atoms with Crippen LogP contribution in [0.3, 0.4) is 0 Å². The Kier molecular flexibility index (Phi) is 6.18. The third kappa shape index (κ3) is 6.58. The highest BCUT2D eigenvalue weighted by molar-refractivity contribution is 9.11. The van der Waals surface area contributed by atoms with E-state index < -0.39 is 0 Å². The van der Waals surface area contributed by atoms with Crippen LogP contribution in [0.25, 0.3) is 0 Å². The monoisotopic (exact) mass is 361 g/mol. The Morgan fingerprint density at radius 3 is 2.47 bits per heavy atom. The average molecular weight is 363 g/mol. The van der Waals surface area contributed by atoms with E-state index in [-0.39, 0.29) is 5.54 Å². The molecular formula is C14H21Br2N. The predicted molar refractivity (Wildman–Crippen MR) is 82.5 cm³/mol. The Hall–Kier alpha value is 0.140. The van der Waals surface area contributed by atoms with Gasteiger partial charge in [-0.05, 0) is 70.3 Å². The standard InChI is InChI=1S/C14H21Br2N/c1-14(2,3)17-9-5-4-6-11-10-12(15)7-8-13(11)16/h7-8,10,17H,4-6,9H2,1-3H3. The lowest BCUT2D eigenvalue weighted by Gasteiger charge is -2.20. The van der Waals surface area contributed by atoms with Gasteiger partial charge in [-0.3, -0.25) is 0 Å². The first-order valence-corrected chi connectivity index (χ1v) is 7.66. The van der Waals surface area contributed by atoms with E-state index in [1.54, 1.807) is 0 Å². The van der Waals surface area contributed by atoms with E-state index in [4.69, 9.17) is 0 Å². The highest BCUT2D eigenvalue weighted by Gasteiger charge is 2.07. The summed E-state index contributed by atoms with van der Waals surface area (Å²) in [4.78, 5) is 0. The first-order valence-electron chi connectivity index (χ1n) is 6.07. The first kappa shape index (κ1) is 15.2. The van der Waals surface area contributed by atoms with Crippen molar-refractivity contribution in [3.05, 3.63) is 32.7 Å². The van der Waals surface area contributed by atoms with Gasteiger partial charge in [-0.15, -0.1) is 0 Å². The van der Waals surface area contributed by atoms with Gasteiger partial charge in [0.2, 0.25) is 0 Å². The van der Waals surface area contributed by atoms with E-state index >= 15 is 0 Å². The summed E-state index contributed by atoms with van der Waals surface area (Å²) in [6.45, 7) is 7.71. The second-order valence-corrected chi connectivity index (χ2v) is 7.14. The van der Waals surface area contributed by atoms with Crippen LogP contribution in [0, 0.1) is 0 Å². The van der Waals surface area contributed by atoms with Crippen molar-refractivity contribution >= 4 is 31.9 Å². The van der Waals surface area contributed by atoms with Gasteiger partial charge in [0, 0.05) is 14.5 Å². The van der Waals surface area contributed by atoms with Crippen molar-refractivity contribution in [2.75, 3.05) is 6.54 Å². The maximum absolute atomic E-state index is 3.59. The second kappa shape index (κ2) is 6.91. The first-order chi connectivity index (χ1) is 7.88. The summed E-state index contributed by atoms with van der Waals surface area (Å²) in [6, 6.07) is 6.36. The molecule has 0 radical (unpaired) electrons. The van der Waals surface area contributed by atoms with Crippen LogP contribution in [0.5, 0.6) is 0 Å². The molecule has 17 heavy (non-hydrogen) atoms. The van der Waals surface area contributed by atoms with E-state index in [0.717, 1.165) is 17.4 Å². The number of nitrogens with one attached hydrogen (secondary N) is 1. The third-order valence-corrected chi connectivity index (χ3v) is 3.80. The normalized spacial score (nSPS) is 11.8. The van der Waals surface area contributed by atoms with E-state index in [1.807, 2.05) is 0 Å². The Bertz CT molecular complexity index is 356. The lowest BCUT2D eigenvalue weighted by Crippen LogP contribution is -2.36. The van der Waals surface area contributed by atoms with Gasteiger partial charge >= 0.3 is 0 Å². The van der Waals surface area contributed by atoms with Gasteiger partial charge in [-0.2, -0.15) is 0 Å². The Balaban J connectivity index is 2.29. The van der Waals surface area contributed by atoms with Gasteiger partial charge in [0.25, 0.3) is 0 Å². The summed E-state index contributed by atoms with van der Waals surface area (Å²) in [5.41, 5.74) is 1.62. The molecule has 0 saturated heterocycles. The minimum absolute atomic E-state index is 0.232. The molecule has 1 N–H and O–H groups in total. The highest BCUT2D eigenvalue weighted by atomic mass is 79.9. The number of rotatable bonds is 5. The summed E-state index contributed by atoms with van der Waals surface area (Å²) >= 11 is 7.11. The predicted octanol–water partition coefficient (Wildman–Crippen LogP) is 4.92. The van der Waals surface area contributed by atoms with Gasteiger partial charge in [0.15, 0.2) is 0 Å². The fourth-order valence-corrected chi connectivity index (χ4v) is 2.49. The van der Waals surface area contributed by atoms with Crippen LogP contribution in [0.2, 0.25) is 0 Å². The van der Waals surface area contributed by atoms with E-state index in [2.05, 4.69) is 76.1 Å². The molecule has 3 heteroatoms. The van der Waals surface area contributed by atoms with E-state index in [1.165, 1.54) is 22.9 Å². The summed E-state index contributed by atoms with van der Waals surface area (Å²) < 4.78 is 2.37. The Morgan fingerprint density at radius 2 is 1.82 bits per heavy atom. The lowest BCUT2D eigenvalue weighted by atomic mass is 10.1. The second-order valence-electron chi connectivity index (χ2n) is 5.37. The Labute approximate surface area is 122 Å². The van der Waals surface area contributed by atoms with Crippen LogP contribution in [-0.4, -0.2) is 12.1 Å². The van der Waals surface area contributed by atoms with Crippen molar-refractivity contribution in [2.24, 2.45) is 0 Å². The van der Waals surface area contributed by atoms with Gasteiger partial charge in [0.1, 0.15) is 0 Å². The van der Waals surface area contributed by atoms with Crippen molar-refractivity contribution in [3.63, 3.8) is 0 Å². The van der Waals surface area contributed by atoms with Gasteiger partial charge < -0.3 is 5.32 Å². The molecule has 0 saturated carbocycles. The molecule has 0 spiro atoms. The summed E-state index contributed by atoms with van der Waals surface area (Å²) in [7, 11) is 0. The third-order valence-electron chi connectivity index (χ3n) is 2.54. The smallest absolute Gasteiger partial charge is 0.0208 e. The number of benzene rings is 1. The zero-order chi connectivity index (χ0) is 12.9. The minimum atomic E-state index is 0.232. The molecule has 0 unspecified atom stereocenters. The van der Waals surface area contributed by atoms with E-state index in [9.17, 15) is 0 Å². The quantitative estimate of drug-likeness (QED) is 0.733. The van der Waals surface area contributed by atoms with E-state index in [0.29, 0.717) is 0 Å².